The molecule has 0 amide bonds. The summed E-state index contributed by atoms with van der Waals surface area (Å²) >= 11 is 5.78. The molecule has 0 heterocycles. The van der Waals surface area contributed by atoms with Gasteiger partial charge in [-0.05, 0) is 48.9 Å². The minimum absolute atomic E-state index is 0.0419. The van der Waals surface area contributed by atoms with Gasteiger partial charge in [0.25, 0.3) is 0 Å². The number of hydrogen-bond donors (Lipinski definition) is 1. The summed E-state index contributed by atoms with van der Waals surface area (Å²) in [5.41, 5.74) is -2.10. The molecule has 2 aromatic rings. The van der Waals surface area contributed by atoms with Crippen molar-refractivity contribution < 1.29 is 39.6 Å². The smallest absolute Gasteiger partial charge is 0.357 e. The minimum atomic E-state index is -4.62. The number of hydrogen-bond acceptors (Lipinski definition) is 5. The first-order valence-corrected chi connectivity index (χ1v) is 9.29. The predicted molar refractivity (Wildman–Crippen MR) is 97.0 cm³/mol. The van der Waals surface area contributed by atoms with Crippen molar-refractivity contribution in [1.29, 1.82) is 4.78 Å². The van der Waals surface area contributed by atoms with E-state index < -0.39 is 34.0 Å². The highest BCUT2D eigenvalue weighted by Crippen LogP contribution is 2.34. The maximum atomic E-state index is 13.2. The van der Waals surface area contributed by atoms with Gasteiger partial charge in [0.15, 0.2) is 5.75 Å². The molecule has 0 radical (unpaired) electrons. The molecule has 0 fully saturated rings. The summed E-state index contributed by atoms with van der Waals surface area (Å²) in [5, 5.41) is 3.75. The van der Waals surface area contributed by atoms with Crippen LogP contribution in [0.15, 0.2) is 47.6 Å². The van der Waals surface area contributed by atoms with Crippen molar-refractivity contribution in [3.63, 3.8) is 0 Å². The molecule has 13 heteroatoms. The second kappa shape index (κ2) is 10.4. The maximum Gasteiger partial charge on any atom is 0.417 e. The topological polar surface area (TPSA) is 79.6 Å². The second-order valence-electron chi connectivity index (χ2n) is 5.43. The van der Waals surface area contributed by atoms with Crippen LogP contribution in [0.3, 0.4) is 0 Å². The monoisotopic (exact) mass is 474 g/mol. The lowest BCUT2D eigenvalue weighted by Gasteiger charge is -2.14. The van der Waals surface area contributed by atoms with E-state index in [9.17, 15) is 26.3 Å². The van der Waals surface area contributed by atoms with Gasteiger partial charge < -0.3 is 4.84 Å². The molecule has 30 heavy (non-hydrogen) atoms. The molecule has 0 aliphatic rings. The summed E-state index contributed by atoms with van der Waals surface area (Å²) in [4.78, 5) is 5.00. The van der Waals surface area contributed by atoms with Crippen molar-refractivity contribution >= 4 is 27.8 Å². The lowest BCUT2D eigenvalue weighted by molar-refractivity contribution is -0.138. The van der Waals surface area contributed by atoms with Crippen LogP contribution in [-0.4, -0.2) is 14.1 Å². The molecule has 0 bridgehead atoms. The van der Waals surface area contributed by atoms with Crippen molar-refractivity contribution in [2.45, 2.75) is 25.7 Å². The SMILES string of the molecule is CC/C(=N\Oc1ccc(C(F)(F)F)cc1)c1cc(Cl)ccc1C(F)(F)F.N=S(=O)=O. The molecule has 0 spiro atoms. The molecule has 2 aromatic carbocycles. The van der Waals surface area contributed by atoms with Crippen LogP contribution in [0.25, 0.3) is 0 Å². The van der Waals surface area contributed by atoms with E-state index >= 15 is 0 Å². The molecule has 0 unspecified atom stereocenters. The lowest BCUT2D eigenvalue weighted by atomic mass is 10.0. The van der Waals surface area contributed by atoms with E-state index in [4.69, 9.17) is 29.6 Å². The third kappa shape index (κ3) is 8.03. The Hall–Kier alpha value is -2.60. The first-order valence-electron chi connectivity index (χ1n) is 7.84. The summed E-state index contributed by atoms with van der Waals surface area (Å²) in [6.45, 7) is 1.57. The van der Waals surface area contributed by atoms with E-state index in [0.29, 0.717) is 0 Å². The van der Waals surface area contributed by atoms with Crippen molar-refractivity contribution in [1.82, 2.24) is 0 Å². The molecule has 0 aliphatic carbocycles. The Labute approximate surface area is 173 Å². The maximum absolute atomic E-state index is 13.2. The first-order chi connectivity index (χ1) is 13.8. The quantitative estimate of drug-likeness (QED) is 0.325. The normalized spacial score (nSPS) is 12.1. The third-order valence-electron chi connectivity index (χ3n) is 3.38. The largest absolute Gasteiger partial charge is 0.417 e. The number of benzene rings is 2. The number of halogens is 7. The van der Waals surface area contributed by atoms with Crippen LogP contribution < -0.4 is 4.84 Å². The van der Waals surface area contributed by atoms with E-state index in [1.807, 2.05) is 0 Å². The van der Waals surface area contributed by atoms with Gasteiger partial charge in [-0.2, -0.15) is 39.5 Å². The Bertz CT molecular complexity index is 997. The van der Waals surface area contributed by atoms with Gasteiger partial charge in [-0.25, -0.2) is 0 Å². The Morgan fingerprint density at radius 1 is 1.03 bits per heavy atom. The summed E-state index contributed by atoms with van der Waals surface area (Å²) in [5.74, 6) is -0.0421. The van der Waals surface area contributed by atoms with Gasteiger partial charge in [-0.3, -0.25) is 0 Å². The van der Waals surface area contributed by atoms with Crippen LogP contribution in [-0.2, 0) is 22.9 Å². The average molecular weight is 475 g/mol. The molecule has 1 N–H and O–H groups in total. The summed E-state index contributed by atoms with van der Waals surface area (Å²) in [6, 6.07) is 6.69. The van der Waals surface area contributed by atoms with Crippen LogP contribution in [0.5, 0.6) is 5.75 Å². The Balaban J connectivity index is 0.00000103. The fourth-order valence-corrected chi connectivity index (χ4v) is 2.29. The molecule has 164 valence electrons. The fraction of sp³-hybridized carbons (Fsp3) is 0.235. The van der Waals surface area contributed by atoms with E-state index in [-0.39, 0.29) is 28.5 Å². The minimum Gasteiger partial charge on any atom is -0.357 e. The summed E-state index contributed by atoms with van der Waals surface area (Å²) < 4.78 is 99.8. The standard InChI is InChI=1S/C17H12ClF6NO.HNO2S/c1-2-15(13-9-11(18)5-8-14(13)17(22,23)24)25-26-12-6-3-10(4-7-12)16(19,20)21;1-4(2)3/h3-9H,2H2,1H3;1H/b25-15+;. The predicted octanol–water partition coefficient (Wildman–Crippen LogP) is 6.20. The molecular formula is C17H13ClF6N2O3S. The van der Waals surface area contributed by atoms with Crippen LogP contribution in [0.2, 0.25) is 5.02 Å². The fourth-order valence-electron chi connectivity index (χ4n) is 2.12. The highest BCUT2D eigenvalue weighted by molar-refractivity contribution is 7.60. The van der Waals surface area contributed by atoms with Gasteiger partial charge >= 0.3 is 22.9 Å². The highest BCUT2D eigenvalue weighted by atomic mass is 35.5. The Morgan fingerprint density at radius 3 is 2.00 bits per heavy atom. The zero-order valence-corrected chi connectivity index (χ0v) is 16.5. The lowest BCUT2D eigenvalue weighted by Crippen LogP contribution is -2.14. The molecule has 0 atom stereocenters. The number of alkyl halides is 6. The van der Waals surface area contributed by atoms with E-state index in [0.717, 1.165) is 42.5 Å². The van der Waals surface area contributed by atoms with Crippen molar-refractivity contribution in [3.05, 3.63) is 64.2 Å². The number of oxime groups is 1. The van der Waals surface area contributed by atoms with E-state index in [2.05, 4.69) is 5.16 Å². The zero-order valence-electron chi connectivity index (χ0n) is 15.0. The summed E-state index contributed by atoms with van der Waals surface area (Å²) in [6.07, 6.45) is -9.03. The molecule has 2 rings (SSSR count). The van der Waals surface area contributed by atoms with Gasteiger partial charge in [-0.1, -0.05) is 23.7 Å². The number of rotatable bonds is 4. The zero-order chi connectivity index (χ0) is 23.1. The molecule has 0 saturated carbocycles. The van der Waals surface area contributed by atoms with E-state index in [1.54, 1.807) is 6.92 Å². The van der Waals surface area contributed by atoms with Gasteiger partial charge in [0.05, 0.1) is 16.8 Å². The molecular weight excluding hydrogens is 462 g/mol. The number of nitrogens with one attached hydrogen (secondary N) is 1. The highest BCUT2D eigenvalue weighted by Gasteiger charge is 2.34. The number of nitrogens with zero attached hydrogens (tertiary/aromatic N) is 1. The molecule has 5 nitrogen and oxygen atoms in total. The van der Waals surface area contributed by atoms with Gasteiger partial charge in [0.1, 0.15) is 0 Å². The molecule has 0 aliphatic heterocycles. The van der Waals surface area contributed by atoms with Gasteiger partial charge in [-0.15, -0.1) is 0 Å². The van der Waals surface area contributed by atoms with Crippen molar-refractivity contribution in [3.8, 4) is 5.75 Å². The van der Waals surface area contributed by atoms with E-state index in [1.165, 1.54) is 0 Å². The molecule has 0 saturated heterocycles. The average Bonchev–Trinajstić information content (AvgIpc) is 2.60. The van der Waals surface area contributed by atoms with Crippen molar-refractivity contribution in [2.24, 2.45) is 5.16 Å². The summed E-state index contributed by atoms with van der Waals surface area (Å²) in [7, 11) is -2.61. The van der Waals surface area contributed by atoms with Crippen LogP contribution in [0.4, 0.5) is 26.3 Å². The molecule has 0 aromatic heterocycles. The van der Waals surface area contributed by atoms with Crippen LogP contribution in [0, 0.1) is 4.78 Å². The first kappa shape index (κ1) is 25.4. The van der Waals surface area contributed by atoms with Gasteiger partial charge in [0, 0.05) is 10.6 Å². The van der Waals surface area contributed by atoms with Crippen molar-refractivity contribution in [2.75, 3.05) is 0 Å². The second-order valence-corrected chi connectivity index (χ2v) is 6.33. The Morgan fingerprint density at radius 2 is 1.57 bits per heavy atom. The Kier molecular flexibility index (Phi) is 8.85. The third-order valence-corrected chi connectivity index (χ3v) is 3.61. The van der Waals surface area contributed by atoms with Gasteiger partial charge in [0.2, 0.25) is 0 Å². The van der Waals surface area contributed by atoms with Crippen LogP contribution in [0.1, 0.15) is 30.0 Å². The van der Waals surface area contributed by atoms with Crippen LogP contribution >= 0.6 is 11.6 Å².